The Balaban J connectivity index is 1.66. The molecule has 156 valence electrons. The van der Waals surface area contributed by atoms with E-state index in [-0.39, 0.29) is 16.4 Å². The van der Waals surface area contributed by atoms with Crippen molar-refractivity contribution in [3.63, 3.8) is 0 Å². The molecule has 0 unspecified atom stereocenters. The van der Waals surface area contributed by atoms with Crippen LogP contribution in [0.15, 0.2) is 47.4 Å². The van der Waals surface area contributed by atoms with Crippen LogP contribution in [0.1, 0.15) is 12.5 Å². The summed E-state index contributed by atoms with van der Waals surface area (Å²) in [5.41, 5.74) is 1.11. The highest BCUT2D eigenvalue weighted by Gasteiger charge is 2.36. The zero-order valence-corrected chi connectivity index (χ0v) is 17.2. The van der Waals surface area contributed by atoms with Crippen molar-refractivity contribution in [2.45, 2.75) is 6.92 Å². The molecule has 3 rings (SSSR count). The summed E-state index contributed by atoms with van der Waals surface area (Å²) in [5.74, 6) is -0.156. The molecule has 1 aliphatic rings. The molecule has 0 radical (unpaired) electrons. The fourth-order valence-electron chi connectivity index (χ4n) is 2.72. The van der Waals surface area contributed by atoms with Crippen molar-refractivity contribution in [2.24, 2.45) is 0 Å². The van der Waals surface area contributed by atoms with Crippen LogP contribution in [0.3, 0.4) is 0 Å². The Morgan fingerprint density at radius 1 is 1.20 bits per heavy atom. The van der Waals surface area contributed by atoms with Crippen LogP contribution in [-0.2, 0) is 9.59 Å². The van der Waals surface area contributed by atoms with Gasteiger partial charge in [0.2, 0.25) is 5.91 Å². The molecule has 30 heavy (non-hydrogen) atoms. The number of methoxy groups -OCH3 is 1. The first-order valence-corrected chi connectivity index (χ1v) is 9.88. The number of nitrogens with one attached hydrogen (secondary N) is 1. The third-order valence-corrected chi connectivity index (χ3v) is 5.03. The van der Waals surface area contributed by atoms with Crippen LogP contribution in [-0.4, -0.2) is 47.3 Å². The summed E-state index contributed by atoms with van der Waals surface area (Å²) in [7, 11) is 1.41. The van der Waals surface area contributed by atoms with E-state index < -0.39 is 23.6 Å². The zero-order valence-electron chi connectivity index (χ0n) is 16.4. The van der Waals surface area contributed by atoms with Gasteiger partial charge in [-0.2, -0.15) is 0 Å². The summed E-state index contributed by atoms with van der Waals surface area (Å²) in [6, 6.07) is 11.3. The summed E-state index contributed by atoms with van der Waals surface area (Å²) in [5, 5.41) is 11.8. The van der Waals surface area contributed by atoms with Crippen LogP contribution >= 0.6 is 11.8 Å². The van der Waals surface area contributed by atoms with Crippen molar-refractivity contribution in [1.29, 1.82) is 0 Å². The molecule has 8 nitrogen and oxygen atoms in total. The van der Waals surface area contributed by atoms with E-state index in [1.807, 2.05) is 6.92 Å². The van der Waals surface area contributed by atoms with Crippen LogP contribution < -0.4 is 14.8 Å². The van der Waals surface area contributed by atoms with E-state index >= 15 is 0 Å². The molecule has 2 N–H and O–H groups in total. The minimum absolute atomic E-state index is 0.0336. The van der Waals surface area contributed by atoms with Gasteiger partial charge in [0.25, 0.3) is 11.1 Å². The number of carbonyl (C=O) groups is 3. The van der Waals surface area contributed by atoms with E-state index in [0.717, 1.165) is 16.7 Å². The standard InChI is InChI=1S/C21H20N2O6S/c1-3-29-15-7-5-14(6-8-15)22-19(25)12-23-20(26)18(30-21(23)27)11-13-4-9-16(24)17(10-13)28-2/h4-11,24H,3,12H2,1-2H3,(H,22,25)/b18-11+. The summed E-state index contributed by atoms with van der Waals surface area (Å²) < 4.78 is 10.4. The molecule has 0 aromatic heterocycles. The maximum atomic E-state index is 12.6. The van der Waals surface area contributed by atoms with Crippen molar-refractivity contribution >= 4 is 40.6 Å². The van der Waals surface area contributed by atoms with Gasteiger partial charge in [0.15, 0.2) is 11.5 Å². The zero-order chi connectivity index (χ0) is 21.7. The molecule has 0 aliphatic carbocycles. The predicted octanol–water partition coefficient (Wildman–Crippen LogP) is 3.47. The second-order valence-electron chi connectivity index (χ2n) is 6.20. The molecule has 1 fully saturated rings. The van der Waals surface area contributed by atoms with Gasteiger partial charge in [-0.3, -0.25) is 19.3 Å². The number of benzene rings is 2. The van der Waals surface area contributed by atoms with E-state index in [0.29, 0.717) is 23.6 Å². The molecule has 3 amide bonds. The van der Waals surface area contributed by atoms with Crippen molar-refractivity contribution in [1.82, 2.24) is 4.90 Å². The smallest absolute Gasteiger partial charge is 0.294 e. The Bertz CT molecular complexity index is 1000. The first-order chi connectivity index (χ1) is 14.4. The number of ether oxygens (including phenoxy) is 2. The van der Waals surface area contributed by atoms with Crippen molar-refractivity contribution in [2.75, 3.05) is 25.6 Å². The van der Waals surface area contributed by atoms with Gasteiger partial charge in [0, 0.05) is 5.69 Å². The lowest BCUT2D eigenvalue weighted by atomic mass is 10.2. The molecular weight excluding hydrogens is 408 g/mol. The number of amides is 3. The van der Waals surface area contributed by atoms with Gasteiger partial charge in [-0.05, 0) is 66.7 Å². The topological polar surface area (TPSA) is 105 Å². The summed E-state index contributed by atoms with van der Waals surface area (Å²) in [6.45, 7) is 2.02. The molecule has 0 atom stereocenters. The Hall–Kier alpha value is -3.46. The largest absolute Gasteiger partial charge is 0.504 e. The van der Waals surface area contributed by atoms with Crippen LogP contribution in [0.4, 0.5) is 10.5 Å². The number of rotatable bonds is 7. The summed E-state index contributed by atoms with van der Waals surface area (Å²) in [6.07, 6.45) is 1.51. The Labute approximate surface area is 177 Å². The number of phenolic OH excluding ortho intramolecular Hbond substituents is 1. The van der Waals surface area contributed by atoms with Crippen LogP contribution in [0.5, 0.6) is 17.2 Å². The molecular formula is C21H20N2O6S. The number of hydrogen-bond acceptors (Lipinski definition) is 7. The minimum Gasteiger partial charge on any atom is -0.504 e. The number of thioether (sulfide) groups is 1. The van der Waals surface area contributed by atoms with Crippen LogP contribution in [0, 0.1) is 0 Å². The SMILES string of the molecule is CCOc1ccc(NC(=O)CN2C(=O)S/C(=C/c3ccc(O)c(OC)c3)C2=O)cc1. The normalized spacial score (nSPS) is 14.9. The summed E-state index contributed by atoms with van der Waals surface area (Å²) in [4.78, 5) is 38.2. The monoisotopic (exact) mass is 428 g/mol. The van der Waals surface area contributed by atoms with Gasteiger partial charge in [-0.1, -0.05) is 6.07 Å². The fraction of sp³-hybridized carbons (Fsp3) is 0.190. The maximum absolute atomic E-state index is 12.6. The Morgan fingerprint density at radius 3 is 2.60 bits per heavy atom. The molecule has 1 saturated heterocycles. The Kier molecular flexibility index (Phi) is 6.63. The lowest BCUT2D eigenvalue weighted by molar-refractivity contribution is -0.127. The van der Waals surface area contributed by atoms with Crippen LogP contribution in [0.25, 0.3) is 6.08 Å². The number of phenols is 1. The first-order valence-electron chi connectivity index (χ1n) is 9.06. The molecule has 2 aromatic rings. The van der Waals surface area contributed by atoms with Gasteiger partial charge >= 0.3 is 0 Å². The number of nitrogens with zero attached hydrogens (tertiary/aromatic N) is 1. The van der Waals surface area contributed by atoms with E-state index in [1.54, 1.807) is 36.4 Å². The van der Waals surface area contributed by atoms with E-state index in [1.165, 1.54) is 19.3 Å². The molecule has 1 aliphatic heterocycles. The predicted molar refractivity (Wildman–Crippen MR) is 114 cm³/mol. The Morgan fingerprint density at radius 2 is 1.93 bits per heavy atom. The first kappa shape index (κ1) is 21.3. The molecule has 0 spiro atoms. The number of carbonyl (C=O) groups excluding carboxylic acids is 3. The van der Waals surface area contributed by atoms with Crippen molar-refractivity contribution in [3.05, 3.63) is 52.9 Å². The fourth-order valence-corrected chi connectivity index (χ4v) is 3.56. The molecule has 9 heteroatoms. The minimum atomic E-state index is -0.557. The van der Waals surface area contributed by atoms with Gasteiger partial charge in [0.05, 0.1) is 18.6 Å². The molecule has 2 aromatic carbocycles. The second-order valence-corrected chi connectivity index (χ2v) is 7.20. The highest BCUT2D eigenvalue weighted by molar-refractivity contribution is 8.18. The molecule has 1 heterocycles. The highest BCUT2D eigenvalue weighted by atomic mass is 32.2. The maximum Gasteiger partial charge on any atom is 0.294 e. The second kappa shape index (κ2) is 9.36. The number of anilines is 1. The van der Waals surface area contributed by atoms with E-state index in [4.69, 9.17) is 9.47 Å². The van der Waals surface area contributed by atoms with E-state index in [9.17, 15) is 19.5 Å². The highest BCUT2D eigenvalue weighted by Crippen LogP contribution is 2.34. The van der Waals surface area contributed by atoms with E-state index in [2.05, 4.69) is 5.32 Å². The van der Waals surface area contributed by atoms with Crippen LogP contribution in [0.2, 0.25) is 0 Å². The third kappa shape index (κ3) is 4.93. The van der Waals surface area contributed by atoms with Gasteiger partial charge in [-0.15, -0.1) is 0 Å². The van der Waals surface area contributed by atoms with Crippen molar-refractivity contribution < 1.29 is 29.0 Å². The quantitative estimate of drug-likeness (QED) is 0.651. The average Bonchev–Trinajstić information content (AvgIpc) is 2.98. The molecule has 0 bridgehead atoms. The number of hydrogen-bond donors (Lipinski definition) is 2. The third-order valence-electron chi connectivity index (χ3n) is 4.13. The van der Waals surface area contributed by atoms with Gasteiger partial charge in [0.1, 0.15) is 12.3 Å². The lowest BCUT2D eigenvalue weighted by Crippen LogP contribution is -2.36. The van der Waals surface area contributed by atoms with Gasteiger partial charge in [-0.25, -0.2) is 0 Å². The molecule has 0 saturated carbocycles. The van der Waals surface area contributed by atoms with Gasteiger partial charge < -0.3 is 19.9 Å². The summed E-state index contributed by atoms with van der Waals surface area (Å²) >= 11 is 0.749. The lowest BCUT2D eigenvalue weighted by Gasteiger charge is -2.12. The van der Waals surface area contributed by atoms with Crippen molar-refractivity contribution in [3.8, 4) is 17.2 Å². The number of imide groups is 1. The average molecular weight is 428 g/mol. The number of aromatic hydroxyl groups is 1.